The van der Waals surface area contributed by atoms with E-state index in [1.807, 2.05) is 0 Å². The second kappa shape index (κ2) is 30.4. The number of hydrogen-bond acceptors (Lipinski definition) is 15. The van der Waals surface area contributed by atoms with Crippen LogP contribution in [-0.4, -0.2) is 192 Å². The van der Waals surface area contributed by atoms with E-state index in [1.54, 1.807) is 20.8 Å². The van der Waals surface area contributed by atoms with Gasteiger partial charge in [-0.3, -0.25) is 29.3 Å². The number of carbonyl (C=O) groups is 5. The molecule has 0 aromatic heterocycles. The lowest BCUT2D eigenvalue weighted by atomic mass is 9.70. The molecule has 21 nitrogen and oxygen atoms in total. The highest BCUT2D eigenvalue weighted by molar-refractivity contribution is 6.13. The smallest absolute Gasteiger partial charge is 0.236 e. The summed E-state index contributed by atoms with van der Waals surface area (Å²) in [7, 11) is 18.9. The lowest BCUT2D eigenvalue weighted by molar-refractivity contribution is -0.138. The standard InChI is InChI=1S/C44H76B3N9O12/c1-24-42(62)36(45)39(52-27(4)57)32(66-24)14-8-7-13-30(21-65-23-50-22-51-55-48)31(60)20-56(18-12-10-16-34-41(54-29(6)59)38(47)44(64)26(3)68-34)35(61)19-49-17-11-9-15-33-40(53-28(5)58)37(46)43(63)25(2)67-33/h24-26,30,32-34,36-44,49-50,62-64H,7-23H2,1-6H3,(H,52,57)(H,53,58)(H,54,59)/t24-,25-,26+,30?,32-,33-,34+,36-,37-,38+,39+,40+,41-,42+,43+,44-/m1/s1/i/hT. The molecule has 0 aromatic carbocycles. The fraction of sp³-hybridized carbons (Fsp3) is 0.886. The molecule has 3 aliphatic heterocycles. The Balaban J connectivity index is 1.72. The maximum absolute atomic E-state index is 14.3. The van der Waals surface area contributed by atoms with E-state index in [0.717, 1.165) is 5.31 Å². The topological polar surface area (TPSA) is 295 Å². The van der Waals surface area contributed by atoms with Gasteiger partial charge in [-0.1, -0.05) is 18.0 Å². The van der Waals surface area contributed by atoms with E-state index in [0.29, 0.717) is 64.2 Å². The van der Waals surface area contributed by atoms with E-state index in [4.69, 9.17) is 49.4 Å². The van der Waals surface area contributed by atoms with Crippen LogP contribution in [0.3, 0.4) is 0 Å². The van der Waals surface area contributed by atoms with Gasteiger partial charge in [0.1, 0.15) is 1.41 Å². The van der Waals surface area contributed by atoms with E-state index in [1.165, 1.54) is 25.7 Å². The Morgan fingerprint density at radius 2 is 1.18 bits per heavy atom. The number of hydrogen-bond donors (Lipinski definition) is 8. The molecular weight excluding hydrogens is 879 g/mol. The van der Waals surface area contributed by atoms with Crippen LogP contribution in [0.2, 0.25) is 18.9 Å². The number of nitrogens with one attached hydrogen (secondary N) is 5. The van der Waals surface area contributed by atoms with Crippen molar-refractivity contribution in [2.24, 2.45) is 11.0 Å². The molecule has 0 saturated carbocycles. The van der Waals surface area contributed by atoms with E-state index in [-0.39, 0.29) is 69.7 Å². The molecule has 4 amide bonds. The molecule has 1 unspecified atom stereocenters. The molecule has 68 heavy (non-hydrogen) atoms. The second-order valence-electron chi connectivity index (χ2n) is 18.5. The van der Waals surface area contributed by atoms with Crippen LogP contribution in [0, 0.1) is 5.92 Å². The van der Waals surface area contributed by atoms with Crippen molar-refractivity contribution < 1.29 is 59.7 Å². The third kappa shape index (κ3) is 19.1. The number of rotatable bonds is 29. The van der Waals surface area contributed by atoms with Crippen molar-refractivity contribution in [2.75, 3.05) is 46.2 Å². The number of ketones is 1. The lowest BCUT2D eigenvalue weighted by Gasteiger charge is -2.43. The summed E-state index contributed by atoms with van der Waals surface area (Å²) in [5.41, 5.74) is 8.63. The summed E-state index contributed by atoms with van der Waals surface area (Å²) in [5, 5.41) is 47.3. The number of azide groups is 1. The molecule has 0 aromatic rings. The first-order valence-corrected chi connectivity index (χ1v) is 24.1. The van der Waals surface area contributed by atoms with Gasteiger partial charge >= 0.3 is 0 Å². The molecule has 3 heterocycles. The molecule has 3 aliphatic rings. The summed E-state index contributed by atoms with van der Waals surface area (Å²) in [5.74, 6) is -4.55. The number of amides is 4. The van der Waals surface area contributed by atoms with Gasteiger partial charge in [0.15, 0.2) is 5.78 Å². The zero-order valence-corrected chi connectivity index (χ0v) is 40.7. The number of aliphatic hydroxyl groups excluding tert-OH is 3. The third-order valence-corrected chi connectivity index (χ3v) is 13.0. The average molecular weight is 958 g/mol. The Bertz CT molecular complexity index is 1680. The molecule has 8 N–H and O–H groups in total. The van der Waals surface area contributed by atoms with Crippen molar-refractivity contribution >= 4 is 53.0 Å². The Morgan fingerprint density at radius 1 is 0.735 bits per heavy atom. The Labute approximate surface area is 407 Å². The summed E-state index contributed by atoms with van der Waals surface area (Å²) >= 11 is 0. The van der Waals surface area contributed by atoms with Crippen LogP contribution in [0.1, 0.15) is 106 Å². The molecule has 3 saturated heterocycles. The number of unbranched alkanes of at least 4 members (excludes halogenated alkanes) is 3. The molecule has 3 fully saturated rings. The Morgan fingerprint density at radius 3 is 1.62 bits per heavy atom. The SMILES string of the molecule is [3H]N(CCCC[C@H]1O[C@H](C)[C@H](O)[C@H]([B])[C@H]1NC(C)=O)CC(=O)N(CCCC[C@@H]1O[C@@H](C)[C@@H](O)[C@@H]([B])[C@@H]1NC(C)=O)CC(=O)C(CCCC[C@H]1O[C@H](C)[C@H](O)[C@H]([B])[C@H]1NC(C)=O)COCNCN=[N+]=[N-]. The van der Waals surface area contributed by atoms with Crippen molar-refractivity contribution in [3.63, 3.8) is 0 Å². The quantitative estimate of drug-likeness (QED) is 0.0124. The zero-order chi connectivity index (χ0) is 51.4. The number of aliphatic hydroxyl groups is 3. The summed E-state index contributed by atoms with van der Waals surface area (Å²) in [6, 6.07) is -1.87. The van der Waals surface area contributed by atoms with Gasteiger partial charge in [0.2, 0.25) is 23.6 Å². The van der Waals surface area contributed by atoms with Crippen LogP contribution >= 0.6 is 0 Å². The van der Waals surface area contributed by atoms with E-state index in [9.17, 15) is 39.3 Å². The lowest BCUT2D eigenvalue weighted by Crippen LogP contribution is -2.57. The normalized spacial score (nSPS) is 32.3. The number of nitrogens with zero attached hydrogens (tertiary/aromatic N) is 4. The highest BCUT2D eigenvalue weighted by Crippen LogP contribution is 2.33. The number of ether oxygens (including phenoxy) is 4. The van der Waals surface area contributed by atoms with Crippen LogP contribution in [0.15, 0.2) is 5.11 Å². The first kappa shape index (κ1) is 57.3. The van der Waals surface area contributed by atoms with E-state index >= 15 is 0 Å². The number of carbonyl (C=O) groups excluding carboxylic acids is 5. The highest BCUT2D eigenvalue weighted by atomic mass is 16.5. The monoisotopic (exact) mass is 958 g/mol. The second-order valence-corrected chi connectivity index (χ2v) is 18.5. The molecule has 0 spiro atoms. The zero-order valence-electron chi connectivity index (χ0n) is 41.7. The molecule has 3 rings (SSSR count). The minimum atomic E-state index is -0.988. The molecule has 24 heteroatoms. The first-order valence-electron chi connectivity index (χ1n) is 24.5. The summed E-state index contributed by atoms with van der Waals surface area (Å²) in [4.78, 5) is 68.4. The highest BCUT2D eigenvalue weighted by Gasteiger charge is 2.43. The Hall–Kier alpha value is -3.31. The van der Waals surface area contributed by atoms with Crippen molar-refractivity contribution in [3.8, 4) is 0 Å². The summed E-state index contributed by atoms with van der Waals surface area (Å²) < 4.78 is 32.6. The fourth-order valence-electron chi connectivity index (χ4n) is 9.23. The van der Waals surface area contributed by atoms with Gasteiger partial charge in [-0.05, 0) is 102 Å². The summed E-state index contributed by atoms with van der Waals surface area (Å²) in [6.07, 6.45) is -1.17. The van der Waals surface area contributed by atoms with E-state index < -0.39 is 102 Å². The summed E-state index contributed by atoms with van der Waals surface area (Å²) in [6.45, 7) is 8.95. The minimum absolute atomic E-state index is 0.0117. The van der Waals surface area contributed by atoms with Gasteiger partial charge in [0.05, 0.1) is 130 Å². The third-order valence-electron chi connectivity index (χ3n) is 13.0. The van der Waals surface area contributed by atoms with Gasteiger partial charge in [-0.2, -0.15) is 0 Å². The van der Waals surface area contributed by atoms with Crippen molar-refractivity contribution in [1.29, 1.82) is 0 Å². The van der Waals surface area contributed by atoms with Gasteiger partial charge in [0.25, 0.3) is 0 Å². The number of Topliss-reactive ketones (excluding diaryl/α,β-unsaturated/α-hetero) is 1. The fourth-order valence-corrected chi connectivity index (χ4v) is 9.23. The maximum Gasteiger partial charge on any atom is 0.236 e. The molecule has 0 bridgehead atoms. The molecule has 0 aliphatic carbocycles. The first-order chi connectivity index (χ1) is 32.7. The van der Waals surface area contributed by atoms with Crippen LogP contribution in [-0.2, 0) is 42.9 Å². The molecule has 6 radical (unpaired) electrons. The van der Waals surface area contributed by atoms with Gasteiger partial charge in [0, 0.05) is 38.1 Å². The molecule has 16 atom stereocenters. The largest absolute Gasteiger partial charge is 0.391 e. The Kier molecular flexibility index (Phi) is 25.6. The van der Waals surface area contributed by atoms with E-state index in [2.05, 4.69) is 31.3 Å². The van der Waals surface area contributed by atoms with Crippen molar-refractivity contribution in [3.05, 3.63) is 10.4 Å². The van der Waals surface area contributed by atoms with Gasteiger partial charge < -0.3 is 60.4 Å². The maximum atomic E-state index is 14.3. The molecule has 378 valence electrons. The van der Waals surface area contributed by atoms with Crippen LogP contribution in [0.25, 0.3) is 10.4 Å². The predicted molar refractivity (Wildman–Crippen MR) is 254 cm³/mol. The predicted octanol–water partition coefficient (Wildman–Crippen LogP) is 0.152. The average Bonchev–Trinajstić information content (AvgIpc) is 3.28. The van der Waals surface area contributed by atoms with Crippen molar-refractivity contribution in [1.82, 2.24) is 31.5 Å². The van der Waals surface area contributed by atoms with Gasteiger partial charge in [-0.25, -0.2) is 0 Å². The van der Waals surface area contributed by atoms with Crippen molar-refractivity contribution in [2.45, 2.75) is 196 Å². The minimum Gasteiger partial charge on any atom is -0.391 e. The van der Waals surface area contributed by atoms with Crippen LogP contribution in [0.4, 0.5) is 0 Å². The molecular formula is C44H76B3N9O12. The van der Waals surface area contributed by atoms with Gasteiger partial charge in [-0.15, -0.1) is 0 Å². The van der Waals surface area contributed by atoms with Crippen LogP contribution in [0.5, 0.6) is 0 Å². The van der Waals surface area contributed by atoms with Crippen LogP contribution < -0.4 is 26.6 Å².